The smallest absolute Gasteiger partial charge is 0.219 e. The SMILES string of the molecule is C=C(/C=C\C(=NC)C(=C/CC)/C(=C\CF)Oc1cc(N(C)C)nn1C)CCN. The average molecular weight is 390 g/mol. The molecule has 1 aromatic heterocycles. The zero-order chi connectivity index (χ0) is 21.1. The Morgan fingerprint density at radius 1 is 1.39 bits per heavy atom. The van der Waals surface area contributed by atoms with Crippen LogP contribution in [0.5, 0.6) is 5.88 Å². The molecule has 0 amide bonds. The molecule has 28 heavy (non-hydrogen) atoms. The van der Waals surface area contributed by atoms with E-state index in [0.717, 1.165) is 17.8 Å². The molecule has 0 fully saturated rings. The second-order valence-corrected chi connectivity index (χ2v) is 6.35. The van der Waals surface area contributed by atoms with E-state index in [4.69, 9.17) is 10.5 Å². The van der Waals surface area contributed by atoms with Crippen molar-refractivity contribution in [3.05, 3.63) is 53.9 Å². The lowest BCUT2D eigenvalue weighted by Gasteiger charge is -2.14. The van der Waals surface area contributed by atoms with E-state index in [1.165, 1.54) is 6.08 Å². The Hall–Kier alpha value is -2.67. The molecule has 0 aliphatic carbocycles. The topological polar surface area (TPSA) is 68.7 Å². The van der Waals surface area contributed by atoms with Gasteiger partial charge in [0.2, 0.25) is 5.88 Å². The molecule has 0 bridgehead atoms. The Bertz CT molecular complexity index is 772. The van der Waals surface area contributed by atoms with Gasteiger partial charge in [0, 0.05) is 39.8 Å². The van der Waals surface area contributed by atoms with Crippen LogP contribution in [0.15, 0.2) is 58.8 Å². The highest BCUT2D eigenvalue weighted by atomic mass is 19.1. The molecular formula is C21H32FN5O. The number of nitrogens with zero attached hydrogens (tertiary/aromatic N) is 4. The van der Waals surface area contributed by atoms with E-state index >= 15 is 0 Å². The highest BCUT2D eigenvalue weighted by molar-refractivity contribution is 6.11. The van der Waals surface area contributed by atoms with Gasteiger partial charge in [-0.15, -0.1) is 0 Å². The summed E-state index contributed by atoms with van der Waals surface area (Å²) in [4.78, 5) is 6.23. The number of aromatic nitrogens is 2. The van der Waals surface area contributed by atoms with Crippen LogP contribution in [0.1, 0.15) is 19.8 Å². The molecule has 0 saturated carbocycles. The summed E-state index contributed by atoms with van der Waals surface area (Å²) in [5, 5.41) is 4.38. The number of aliphatic imine (C=N–C) groups is 1. The maximum atomic E-state index is 13.3. The summed E-state index contributed by atoms with van der Waals surface area (Å²) in [6.07, 6.45) is 8.53. The number of ether oxygens (including phenoxy) is 1. The Balaban J connectivity index is 3.24. The van der Waals surface area contributed by atoms with Gasteiger partial charge < -0.3 is 15.4 Å². The van der Waals surface area contributed by atoms with E-state index < -0.39 is 6.67 Å². The van der Waals surface area contributed by atoms with Crippen molar-refractivity contribution in [1.82, 2.24) is 9.78 Å². The third-order valence-corrected chi connectivity index (χ3v) is 3.89. The summed E-state index contributed by atoms with van der Waals surface area (Å²) in [5.41, 5.74) is 7.86. The van der Waals surface area contributed by atoms with Crippen molar-refractivity contribution in [1.29, 1.82) is 0 Å². The van der Waals surface area contributed by atoms with Gasteiger partial charge in [0.1, 0.15) is 12.4 Å². The van der Waals surface area contributed by atoms with Crippen LogP contribution in [-0.2, 0) is 7.05 Å². The van der Waals surface area contributed by atoms with Crippen LogP contribution in [-0.4, -0.2) is 49.9 Å². The number of allylic oxidation sites excluding steroid dienone is 5. The van der Waals surface area contributed by atoms with Crippen molar-refractivity contribution >= 4 is 11.5 Å². The van der Waals surface area contributed by atoms with Crippen LogP contribution in [0.2, 0.25) is 0 Å². The molecule has 0 atom stereocenters. The standard InChI is InChI=1S/C21H32FN5O/c1-7-8-17(18(24-3)10-9-16(2)12-14-23)19(11-13-22)28-21-15-20(26(4)5)25-27(21)6/h8-11,15H,2,7,12-14,23H2,1,3-6H3/b10-9-,17-8-,19-11+,24-18?. The van der Waals surface area contributed by atoms with Gasteiger partial charge in [-0.05, 0) is 31.5 Å². The van der Waals surface area contributed by atoms with E-state index in [9.17, 15) is 4.39 Å². The van der Waals surface area contributed by atoms with Gasteiger partial charge in [-0.25, -0.2) is 9.07 Å². The van der Waals surface area contributed by atoms with Gasteiger partial charge in [0.15, 0.2) is 5.82 Å². The second kappa shape index (κ2) is 11.9. The molecule has 154 valence electrons. The van der Waals surface area contributed by atoms with Gasteiger partial charge in [-0.3, -0.25) is 4.99 Å². The number of anilines is 1. The first-order chi connectivity index (χ1) is 13.4. The van der Waals surface area contributed by atoms with Crippen molar-refractivity contribution in [3.8, 4) is 5.88 Å². The summed E-state index contributed by atoms with van der Waals surface area (Å²) >= 11 is 0. The average Bonchev–Trinajstić information content (AvgIpc) is 3.02. The lowest BCUT2D eigenvalue weighted by molar-refractivity contribution is 0.390. The van der Waals surface area contributed by atoms with Gasteiger partial charge >= 0.3 is 0 Å². The van der Waals surface area contributed by atoms with Crippen molar-refractivity contribution in [2.24, 2.45) is 17.8 Å². The molecule has 0 aliphatic rings. The monoisotopic (exact) mass is 389 g/mol. The van der Waals surface area contributed by atoms with Crippen LogP contribution in [0.25, 0.3) is 0 Å². The van der Waals surface area contributed by atoms with E-state index in [0.29, 0.717) is 35.9 Å². The molecule has 1 heterocycles. The molecule has 0 aromatic carbocycles. The highest BCUT2D eigenvalue weighted by Gasteiger charge is 2.16. The number of nitrogens with two attached hydrogens (primary N) is 1. The fourth-order valence-corrected chi connectivity index (χ4v) is 2.42. The van der Waals surface area contributed by atoms with Crippen LogP contribution in [0.3, 0.4) is 0 Å². The first-order valence-electron chi connectivity index (χ1n) is 9.26. The van der Waals surface area contributed by atoms with Gasteiger partial charge in [-0.2, -0.15) is 5.10 Å². The maximum Gasteiger partial charge on any atom is 0.219 e. The largest absolute Gasteiger partial charge is 0.439 e. The second-order valence-electron chi connectivity index (χ2n) is 6.35. The predicted octanol–water partition coefficient (Wildman–Crippen LogP) is 3.59. The summed E-state index contributed by atoms with van der Waals surface area (Å²) in [6, 6.07) is 1.80. The lowest BCUT2D eigenvalue weighted by atomic mass is 10.0. The number of rotatable bonds is 11. The molecule has 0 unspecified atom stereocenters. The Morgan fingerprint density at radius 2 is 2.11 bits per heavy atom. The molecule has 1 aromatic rings. The summed E-state index contributed by atoms with van der Waals surface area (Å²) in [5.74, 6) is 1.66. The van der Waals surface area contributed by atoms with Crippen molar-refractivity contribution in [2.75, 3.05) is 39.3 Å². The number of hydrogen-bond donors (Lipinski definition) is 1. The Kier molecular flexibility index (Phi) is 9.95. The van der Waals surface area contributed by atoms with Crippen LogP contribution >= 0.6 is 0 Å². The minimum atomic E-state index is -0.657. The Morgan fingerprint density at radius 3 is 2.61 bits per heavy atom. The molecule has 0 radical (unpaired) electrons. The fourth-order valence-electron chi connectivity index (χ4n) is 2.42. The molecule has 1 rings (SSSR count). The lowest BCUT2D eigenvalue weighted by Crippen LogP contribution is -2.11. The zero-order valence-electron chi connectivity index (χ0n) is 17.6. The normalized spacial score (nSPS) is 13.3. The molecule has 0 saturated heterocycles. The summed E-state index contributed by atoms with van der Waals surface area (Å²) < 4.78 is 20.9. The first kappa shape index (κ1) is 23.4. The number of hydrogen-bond acceptors (Lipinski definition) is 5. The molecule has 2 N–H and O–H groups in total. The van der Waals surface area contributed by atoms with Gasteiger partial charge in [-0.1, -0.05) is 31.2 Å². The van der Waals surface area contributed by atoms with Crippen molar-refractivity contribution < 1.29 is 9.13 Å². The van der Waals surface area contributed by atoms with Crippen LogP contribution in [0, 0.1) is 0 Å². The maximum absolute atomic E-state index is 13.3. The number of alkyl halides is 1. The third-order valence-electron chi connectivity index (χ3n) is 3.89. The molecular weight excluding hydrogens is 357 g/mol. The van der Waals surface area contributed by atoms with Gasteiger partial charge in [0.05, 0.1) is 5.71 Å². The van der Waals surface area contributed by atoms with E-state index in [1.54, 1.807) is 24.8 Å². The quantitative estimate of drug-likeness (QED) is 0.357. The minimum absolute atomic E-state index is 0.396. The molecule has 0 spiro atoms. The Labute approximate surface area is 167 Å². The van der Waals surface area contributed by atoms with Crippen molar-refractivity contribution in [3.63, 3.8) is 0 Å². The minimum Gasteiger partial charge on any atom is -0.439 e. The predicted molar refractivity (Wildman–Crippen MR) is 116 cm³/mol. The molecule has 6 nitrogen and oxygen atoms in total. The molecule has 0 aliphatic heterocycles. The van der Waals surface area contributed by atoms with E-state index in [1.807, 2.05) is 44.1 Å². The van der Waals surface area contributed by atoms with Crippen LogP contribution < -0.4 is 15.4 Å². The number of aryl methyl sites for hydroxylation is 1. The number of halogens is 1. The first-order valence-corrected chi connectivity index (χ1v) is 9.26. The fraction of sp³-hybridized carbons (Fsp3) is 0.429. The molecule has 7 heteroatoms. The summed E-state index contributed by atoms with van der Waals surface area (Å²) in [7, 11) is 7.27. The summed E-state index contributed by atoms with van der Waals surface area (Å²) in [6.45, 7) is 5.85. The third kappa shape index (κ3) is 6.81. The van der Waals surface area contributed by atoms with E-state index in [2.05, 4.69) is 16.7 Å². The van der Waals surface area contributed by atoms with Crippen LogP contribution in [0.4, 0.5) is 10.2 Å². The van der Waals surface area contributed by atoms with Crippen molar-refractivity contribution in [2.45, 2.75) is 19.8 Å². The van der Waals surface area contributed by atoms with Gasteiger partial charge in [0.25, 0.3) is 0 Å². The zero-order valence-corrected chi connectivity index (χ0v) is 17.6. The van der Waals surface area contributed by atoms with E-state index in [-0.39, 0.29) is 0 Å². The highest BCUT2D eigenvalue weighted by Crippen LogP contribution is 2.24.